The second-order valence-electron chi connectivity index (χ2n) is 2.76. The first-order valence-corrected chi connectivity index (χ1v) is 4.47. The Morgan fingerprint density at radius 2 is 2.38 bits per heavy atom. The lowest BCUT2D eigenvalue weighted by Gasteiger charge is -2.09. The van der Waals surface area contributed by atoms with Gasteiger partial charge in [0.15, 0.2) is 0 Å². The van der Waals surface area contributed by atoms with Gasteiger partial charge >= 0.3 is 0 Å². The van der Waals surface area contributed by atoms with Crippen LogP contribution >= 0.6 is 11.6 Å². The van der Waals surface area contributed by atoms with E-state index in [-0.39, 0.29) is 5.88 Å². The molecule has 4 heteroatoms. The molecule has 0 radical (unpaired) electrons. The van der Waals surface area contributed by atoms with Gasteiger partial charge in [0.2, 0.25) is 5.88 Å². The minimum absolute atomic E-state index is 0.174. The normalized spacial score (nSPS) is 12.6. The number of rotatable bonds is 3. The molecule has 1 aromatic rings. The molecular formula is C9H12ClNO2. The minimum atomic E-state index is -0.654. The Bertz CT molecular complexity index is 291. The van der Waals surface area contributed by atoms with Gasteiger partial charge in [0.05, 0.1) is 19.1 Å². The number of aliphatic hydroxyl groups is 1. The van der Waals surface area contributed by atoms with Crippen LogP contribution in [0.4, 0.5) is 0 Å². The topological polar surface area (TPSA) is 42.4 Å². The lowest BCUT2D eigenvalue weighted by atomic mass is 10.1. The zero-order valence-corrected chi connectivity index (χ0v) is 8.38. The van der Waals surface area contributed by atoms with Crippen molar-refractivity contribution in [1.29, 1.82) is 0 Å². The van der Waals surface area contributed by atoms with Crippen molar-refractivity contribution in [2.24, 2.45) is 0 Å². The number of hydrogen-bond donors (Lipinski definition) is 1. The summed E-state index contributed by atoms with van der Waals surface area (Å²) in [6.45, 7) is 1.87. The largest absolute Gasteiger partial charge is 0.481 e. The van der Waals surface area contributed by atoms with Crippen molar-refractivity contribution < 1.29 is 9.84 Å². The highest BCUT2D eigenvalue weighted by molar-refractivity contribution is 6.18. The summed E-state index contributed by atoms with van der Waals surface area (Å²) in [5.41, 5.74) is 1.61. The number of nitrogens with zero attached hydrogens (tertiary/aromatic N) is 1. The van der Waals surface area contributed by atoms with E-state index in [1.54, 1.807) is 13.3 Å². The van der Waals surface area contributed by atoms with Crippen molar-refractivity contribution in [3.05, 3.63) is 23.4 Å². The third-order valence-corrected chi connectivity index (χ3v) is 2.07. The average Bonchev–Trinajstić information content (AvgIpc) is 2.16. The van der Waals surface area contributed by atoms with Gasteiger partial charge in [-0.15, -0.1) is 11.6 Å². The smallest absolute Gasteiger partial charge is 0.215 e. The first kappa shape index (κ1) is 10.3. The van der Waals surface area contributed by atoms with Crippen LogP contribution in [0.25, 0.3) is 0 Å². The van der Waals surface area contributed by atoms with Crippen molar-refractivity contribution in [2.45, 2.75) is 13.0 Å². The lowest BCUT2D eigenvalue weighted by molar-refractivity contribution is 0.202. The molecule has 0 amide bonds. The predicted molar refractivity (Wildman–Crippen MR) is 51.2 cm³/mol. The second-order valence-corrected chi connectivity index (χ2v) is 3.07. The van der Waals surface area contributed by atoms with Crippen molar-refractivity contribution in [2.75, 3.05) is 13.0 Å². The Balaban J connectivity index is 2.95. The highest BCUT2D eigenvalue weighted by atomic mass is 35.5. The minimum Gasteiger partial charge on any atom is -0.481 e. The van der Waals surface area contributed by atoms with Crippen LogP contribution in [0, 0.1) is 6.92 Å². The number of methoxy groups -OCH3 is 1. The van der Waals surface area contributed by atoms with E-state index in [2.05, 4.69) is 4.98 Å². The second kappa shape index (κ2) is 4.44. The molecule has 1 rings (SSSR count). The van der Waals surface area contributed by atoms with Crippen LogP contribution in [0.2, 0.25) is 0 Å². The van der Waals surface area contributed by atoms with Gasteiger partial charge in [0.1, 0.15) is 0 Å². The number of aryl methyl sites for hydroxylation is 1. The summed E-state index contributed by atoms with van der Waals surface area (Å²) in [5.74, 6) is 0.749. The molecule has 0 fully saturated rings. The Morgan fingerprint density at radius 3 is 2.85 bits per heavy atom. The van der Waals surface area contributed by atoms with Gasteiger partial charge in [-0.25, -0.2) is 4.98 Å². The Kier molecular flexibility index (Phi) is 3.51. The fourth-order valence-electron chi connectivity index (χ4n) is 1.07. The maximum Gasteiger partial charge on any atom is 0.215 e. The zero-order chi connectivity index (χ0) is 9.84. The molecule has 1 aromatic heterocycles. The van der Waals surface area contributed by atoms with Crippen molar-refractivity contribution in [3.63, 3.8) is 0 Å². The summed E-state index contributed by atoms with van der Waals surface area (Å²) in [7, 11) is 1.56. The summed E-state index contributed by atoms with van der Waals surface area (Å²) in [6, 6.07) is 1.82. The average molecular weight is 202 g/mol. The molecule has 3 nitrogen and oxygen atoms in total. The van der Waals surface area contributed by atoms with Crippen LogP contribution in [0.15, 0.2) is 12.3 Å². The van der Waals surface area contributed by atoms with E-state index in [0.717, 1.165) is 5.56 Å². The van der Waals surface area contributed by atoms with Crippen LogP contribution in [0.1, 0.15) is 17.2 Å². The van der Waals surface area contributed by atoms with Gasteiger partial charge in [0.25, 0.3) is 0 Å². The molecule has 1 atom stereocenters. The monoisotopic (exact) mass is 201 g/mol. The third-order valence-electron chi connectivity index (χ3n) is 1.78. The number of aromatic nitrogens is 1. The van der Waals surface area contributed by atoms with E-state index in [4.69, 9.17) is 16.3 Å². The number of halogens is 1. The molecular weight excluding hydrogens is 190 g/mol. The van der Waals surface area contributed by atoms with E-state index in [1.165, 1.54) is 0 Å². The molecule has 0 saturated carbocycles. The zero-order valence-electron chi connectivity index (χ0n) is 7.62. The fraction of sp³-hybridized carbons (Fsp3) is 0.444. The summed E-state index contributed by atoms with van der Waals surface area (Å²) >= 11 is 5.50. The Morgan fingerprint density at radius 1 is 1.69 bits per heavy atom. The molecule has 72 valence electrons. The summed E-state index contributed by atoms with van der Waals surface area (Å²) in [5, 5.41) is 9.40. The van der Waals surface area contributed by atoms with Crippen LogP contribution < -0.4 is 4.74 Å². The SMILES string of the molecule is COc1ncc(C(O)CCl)cc1C. The molecule has 0 spiro atoms. The van der Waals surface area contributed by atoms with Gasteiger partial charge < -0.3 is 9.84 Å². The maximum atomic E-state index is 9.40. The van der Waals surface area contributed by atoms with Gasteiger partial charge in [-0.3, -0.25) is 0 Å². The van der Waals surface area contributed by atoms with E-state index >= 15 is 0 Å². The summed E-state index contributed by atoms with van der Waals surface area (Å²) in [4.78, 5) is 4.02. The number of alkyl halides is 1. The van der Waals surface area contributed by atoms with Crippen LogP contribution in [-0.2, 0) is 0 Å². The van der Waals surface area contributed by atoms with Crippen LogP contribution in [0.5, 0.6) is 5.88 Å². The Hall–Kier alpha value is -0.800. The number of ether oxygens (including phenoxy) is 1. The Labute approximate surface area is 82.3 Å². The molecule has 0 bridgehead atoms. The van der Waals surface area contributed by atoms with E-state index in [9.17, 15) is 5.11 Å². The summed E-state index contributed by atoms with van der Waals surface area (Å²) in [6.07, 6.45) is 0.914. The molecule has 0 aliphatic heterocycles. The van der Waals surface area contributed by atoms with Gasteiger partial charge in [-0.2, -0.15) is 0 Å². The molecule has 1 heterocycles. The molecule has 0 aliphatic carbocycles. The van der Waals surface area contributed by atoms with Gasteiger partial charge in [-0.05, 0) is 13.0 Å². The van der Waals surface area contributed by atoms with Crippen molar-refractivity contribution in [1.82, 2.24) is 4.98 Å². The maximum absolute atomic E-state index is 9.40. The summed E-state index contributed by atoms with van der Waals surface area (Å²) < 4.78 is 4.99. The van der Waals surface area contributed by atoms with Crippen molar-refractivity contribution >= 4 is 11.6 Å². The van der Waals surface area contributed by atoms with Crippen LogP contribution in [-0.4, -0.2) is 23.1 Å². The van der Waals surface area contributed by atoms with E-state index in [1.807, 2.05) is 13.0 Å². The molecule has 0 saturated heterocycles. The number of aliphatic hydroxyl groups excluding tert-OH is 1. The first-order valence-electron chi connectivity index (χ1n) is 3.93. The quantitative estimate of drug-likeness (QED) is 0.757. The highest BCUT2D eigenvalue weighted by Crippen LogP contribution is 2.19. The third kappa shape index (κ3) is 2.32. The number of pyridine rings is 1. The first-order chi connectivity index (χ1) is 6.19. The predicted octanol–water partition coefficient (Wildman–Crippen LogP) is 1.67. The highest BCUT2D eigenvalue weighted by Gasteiger charge is 2.08. The standard InChI is InChI=1S/C9H12ClNO2/c1-6-3-7(8(12)4-10)5-11-9(6)13-2/h3,5,8,12H,4H2,1-2H3. The van der Waals surface area contributed by atoms with E-state index in [0.29, 0.717) is 11.4 Å². The molecule has 0 aliphatic rings. The van der Waals surface area contributed by atoms with Gasteiger partial charge in [0, 0.05) is 17.3 Å². The molecule has 1 N–H and O–H groups in total. The van der Waals surface area contributed by atoms with Gasteiger partial charge in [-0.1, -0.05) is 0 Å². The van der Waals surface area contributed by atoms with Crippen molar-refractivity contribution in [3.8, 4) is 5.88 Å². The molecule has 1 unspecified atom stereocenters. The molecule has 0 aromatic carbocycles. The number of hydrogen-bond acceptors (Lipinski definition) is 3. The lowest BCUT2D eigenvalue weighted by Crippen LogP contribution is -2.01. The molecule has 13 heavy (non-hydrogen) atoms. The van der Waals surface area contributed by atoms with Crippen LogP contribution in [0.3, 0.4) is 0 Å². The fourth-order valence-corrected chi connectivity index (χ4v) is 1.25. The van der Waals surface area contributed by atoms with E-state index < -0.39 is 6.10 Å².